The zero-order valence-electron chi connectivity index (χ0n) is 12.4. The maximum Gasteiger partial charge on any atom is 0.165 e. The number of phenols is 1. The normalized spacial score (nSPS) is 22.9. The summed E-state index contributed by atoms with van der Waals surface area (Å²) in [6, 6.07) is 0. The van der Waals surface area contributed by atoms with Crippen LogP contribution in [0.5, 0.6) is 17.2 Å². The lowest BCUT2D eigenvalue weighted by Crippen LogP contribution is -2.36. The second-order valence-corrected chi connectivity index (χ2v) is 6.61. The van der Waals surface area contributed by atoms with Crippen LogP contribution in [-0.4, -0.2) is 18.3 Å². The van der Waals surface area contributed by atoms with Crippen molar-refractivity contribution in [1.29, 1.82) is 0 Å². The Labute approximate surface area is 125 Å². The summed E-state index contributed by atoms with van der Waals surface area (Å²) < 4.78 is 11.8. The lowest BCUT2D eigenvalue weighted by atomic mass is 9.80. The van der Waals surface area contributed by atoms with Gasteiger partial charge in [0, 0.05) is 22.2 Å². The van der Waals surface area contributed by atoms with Crippen LogP contribution in [0, 0.1) is 0 Å². The zero-order chi connectivity index (χ0) is 14.4. The minimum atomic E-state index is -0.306. The monoisotopic (exact) mass is 289 g/mol. The van der Waals surface area contributed by atoms with E-state index in [9.17, 15) is 5.11 Å². The average molecular weight is 289 g/mol. The number of phenolic OH excluding ortho intramolecular Hbond substituents is 1. The van der Waals surface area contributed by atoms with E-state index in [0.717, 1.165) is 67.6 Å². The fourth-order valence-corrected chi connectivity index (χ4v) is 4.20. The Morgan fingerprint density at radius 2 is 1.48 bits per heavy atom. The topological polar surface area (TPSA) is 64.7 Å². The van der Waals surface area contributed by atoms with Gasteiger partial charge in [-0.3, -0.25) is 0 Å². The molecule has 0 amide bonds. The molecule has 4 rings (SSSR count). The quantitative estimate of drug-likeness (QED) is 0.834. The van der Waals surface area contributed by atoms with E-state index in [2.05, 4.69) is 0 Å². The van der Waals surface area contributed by atoms with Gasteiger partial charge >= 0.3 is 0 Å². The summed E-state index contributed by atoms with van der Waals surface area (Å²) in [5.41, 5.74) is 9.61. The van der Waals surface area contributed by atoms with Crippen molar-refractivity contribution in [2.24, 2.45) is 5.73 Å². The number of hydrogen-bond donors (Lipinski definition) is 2. The molecule has 1 fully saturated rings. The minimum absolute atomic E-state index is 0.296. The number of fused-ring (bicyclic) bond motifs is 2. The molecule has 3 N–H and O–H groups in total. The van der Waals surface area contributed by atoms with Crippen molar-refractivity contribution in [3.63, 3.8) is 0 Å². The van der Waals surface area contributed by atoms with Crippen LogP contribution in [0.2, 0.25) is 0 Å². The highest BCUT2D eigenvalue weighted by atomic mass is 16.5. The van der Waals surface area contributed by atoms with Gasteiger partial charge in [0.1, 0.15) is 5.75 Å². The van der Waals surface area contributed by atoms with E-state index >= 15 is 0 Å². The Hall–Kier alpha value is -1.42. The lowest BCUT2D eigenvalue weighted by molar-refractivity contribution is 0.246. The maximum absolute atomic E-state index is 10.6. The molecule has 4 nitrogen and oxygen atoms in total. The standard InChI is InChI=1S/C17H23NO3/c18-17(7-1-2-8-17)13-11-5-3-10-21-16(11)14(19)12-6-4-9-20-15(12)13/h19H,1-10,18H2. The van der Waals surface area contributed by atoms with Crippen molar-refractivity contribution >= 4 is 0 Å². The molecular formula is C17H23NO3. The van der Waals surface area contributed by atoms with Crippen LogP contribution < -0.4 is 15.2 Å². The minimum Gasteiger partial charge on any atom is -0.504 e. The van der Waals surface area contributed by atoms with Crippen LogP contribution in [0.15, 0.2) is 0 Å². The first-order valence-corrected chi connectivity index (χ1v) is 8.16. The molecule has 0 bridgehead atoms. The molecule has 114 valence electrons. The van der Waals surface area contributed by atoms with Crippen molar-refractivity contribution < 1.29 is 14.6 Å². The molecule has 1 aromatic rings. The smallest absolute Gasteiger partial charge is 0.165 e. The van der Waals surface area contributed by atoms with Gasteiger partial charge in [0.25, 0.3) is 0 Å². The van der Waals surface area contributed by atoms with Gasteiger partial charge in [0.15, 0.2) is 11.5 Å². The fourth-order valence-electron chi connectivity index (χ4n) is 4.20. The molecule has 0 spiro atoms. The summed E-state index contributed by atoms with van der Waals surface area (Å²) >= 11 is 0. The van der Waals surface area contributed by atoms with Gasteiger partial charge < -0.3 is 20.3 Å². The van der Waals surface area contributed by atoms with E-state index in [0.29, 0.717) is 18.1 Å². The van der Waals surface area contributed by atoms with E-state index in [1.807, 2.05) is 0 Å². The zero-order valence-corrected chi connectivity index (χ0v) is 12.4. The third kappa shape index (κ3) is 1.92. The van der Waals surface area contributed by atoms with Crippen molar-refractivity contribution in [3.8, 4) is 17.2 Å². The lowest BCUT2D eigenvalue weighted by Gasteiger charge is -2.35. The molecule has 21 heavy (non-hydrogen) atoms. The SMILES string of the molecule is NC1(c2c3c(c(O)c4c2OCCC4)OCCC3)CCCC1. The fraction of sp³-hybridized carbons (Fsp3) is 0.647. The van der Waals surface area contributed by atoms with Gasteiger partial charge in [-0.25, -0.2) is 0 Å². The average Bonchev–Trinajstić information content (AvgIpc) is 2.95. The number of aromatic hydroxyl groups is 1. The third-order valence-corrected chi connectivity index (χ3v) is 5.21. The van der Waals surface area contributed by atoms with E-state index in [1.54, 1.807) is 0 Å². The third-order valence-electron chi connectivity index (χ3n) is 5.21. The van der Waals surface area contributed by atoms with Crippen molar-refractivity contribution in [3.05, 3.63) is 16.7 Å². The van der Waals surface area contributed by atoms with Crippen molar-refractivity contribution in [1.82, 2.24) is 0 Å². The van der Waals surface area contributed by atoms with Gasteiger partial charge in [0.2, 0.25) is 0 Å². The summed E-state index contributed by atoms with van der Waals surface area (Å²) in [5.74, 6) is 1.84. The molecular weight excluding hydrogens is 266 g/mol. The van der Waals surface area contributed by atoms with Crippen LogP contribution in [0.25, 0.3) is 0 Å². The first kappa shape index (κ1) is 13.3. The molecule has 0 saturated heterocycles. The van der Waals surface area contributed by atoms with Crippen LogP contribution >= 0.6 is 0 Å². The molecule has 0 unspecified atom stereocenters. The number of hydrogen-bond acceptors (Lipinski definition) is 4. The van der Waals surface area contributed by atoms with Crippen LogP contribution in [0.3, 0.4) is 0 Å². The Morgan fingerprint density at radius 3 is 2.19 bits per heavy atom. The van der Waals surface area contributed by atoms with E-state index in [1.165, 1.54) is 12.8 Å². The highest BCUT2D eigenvalue weighted by Crippen LogP contribution is 2.53. The van der Waals surface area contributed by atoms with Crippen LogP contribution in [0.4, 0.5) is 0 Å². The molecule has 4 heteroatoms. The Kier molecular flexibility index (Phi) is 3.03. The van der Waals surface area contributed by atoms with Crippen LogP contribution in [0.1, 0.15) is 55.2 Å². The highest BCUT2D eigenvalue weighted by molar-refractivity contribution is 5.65. The highest BCUT2D eigenvalue weighted by Gasteiger charge is 2.40. The second-order valence-electron chi connectivity index (χ2n) is 6.61. The molecule has 0 aromatic heterocycles. The van der Waals surface area contributed by atoms with Crippen LogP contribution in [-0.2, 0) is 18.4 Å². The predicted octanol–water partition coefficient (Wildman–Crippen LogP) is 2.77. The molecule has 0 radical (unpaired) electrons. The summed E-state index contributed by atoms with van der Waals surface area (Å²) in [7, 11) is 0. The van der Waals surface area contributed by atoms with Gasteiger partial charge in [-0.2, -0.15) is 0 Å². The number of rotatable bonds is 1. The number of nitrogens with two attached hydrogens (primary N) is 1. The molecule has 3 aliphatic rings. The molecule has 2 heterocycles. The predicted molar refractivity (Wildman–Crippen MR) is 80.1 cm³/mol. The number of ether oxygens (including phenoxy) is 2. The first-order chi connectivity index (χ1) is 10.2. The Morgan fingerprint density at radius 1 is 0.857 bits per heavy atom. The Balaban J connectivity index is 1.98. The van der Waals surface area contributed by atoms with Crippen molar-refractivity contribution in [2.45, 2.75) is 56.9 Å². The van der Waals surface area contributed by atoms with Gasteiger partial charge in [-0.15, -0.1) is 0 Å². The molecule has 0 atom stereocenters. The molecule has 1 aliphatic carbocycles. The number of benzene rings is 1. The van der Waals surface area contributed by atoms with E-state index in [-0.39, 0.29) is 5.54 Å². The Bertz CT molecular complexity index is 539. The van der Waals surface area contributed by atoms with E-state index in [4.69, 9.17) is 15.2 Å². The van der Waals surface area contributed by atoms with Gasteiger partial charge in [-0.1, -0.05) is 12.8 Å². The summed E-state index contributed by atoms with van der Waals surface area (Å²) in [4.78, 5) is 0. The largest absolute Gasteiger partial charge is 0.504 e. The summed E-state index contributed by atoms with van der Waals surface area (Å²) in [5, 5.41) is 10.6. The van der Waals surface area contributed by atoms with E-state index < -0.39 is 0 Å². The van der Waals surface area contributed by atoms with Crippen molar-refractivity contribution in [2.75, 3.05) is 13.2 Å². The summed E-state index contributed by atoms with van der Waals surface area (Å²) in [6.45, 7) is 1.40. The summed E-state index contributed by atoms with van der Waals surface area (Å²) in [6.07, 6.45) is 8.03. The molecule has 2 aliphatic heterocycles. The van der Waals surface area contributed by atoms with Gasteiger partial charge in [0.05, 0.1) is 13.2 Å². The first-order valence-electron chi connectivity index (χ1n) is 8.16. The van der Waals surface area contributed by atoms with Gasteiger partial charge in [-0.05, 0) is 38.5 Å². The second kappa shape index (κ2) is 4.80. The maximum atomic E-state index is 10.6. The molecule has 1 aromatic carbocycles. The molecule has 1 saturated carbocycles.